The smallest absolute Gasteiger partial charge is 0.378 e. The van der Waals surface area contributed by atoms with Crippen molar-refractivity contribution in [3.8, 4) is 0 Å². The van der Waals surface area contributed by atoms with Crippen LogP contribution < -0.4 is 0 Å². The number of cyclic esters (lactones) is 2. The molecule has 0 unspecified atom stereocenters. The van der Waals surface area contributed by atoms with Crippen molar-refractivity contribution in [3.05, 3.63) is 48.3 Å². The van der Waals surface area contributed by atoms with Crippen LogP contribution in [-0.4, -0.2) is 47.6 Å². The topological polar surface area (TPSA) is 89.5 Å². The monoisotopic (exact) mass is 478 g/mol. The van der Waals surface area contributed by atoms with Gasteiger partial charge in [-0.1, -0.05) is 12.2 Å². The summed E-state index contributed by atoms with van der Waals surface area (Å²) >= 11 is 0. The number of hydrogen-bond acceptors (Lipinski definition) is 8. The van der Waals surface area contributed by atoms with Gasteiger partial charge in [-0.3, -0.25) is 0 Å². The highest BCUT2D eigenvalue weighted by molar-refractivity contribution is 5.94. The third-order valence-electron chi connectivity index (χ3n) is 4.98. The van der Waals surface area contributed by atoms with Crippen LogP contribution in [0.15, 0.2) is 48.3 Å². The fraction of sp³-hybridized carbons (Fsp3) is 0.615. The Morgan fingerprint density at radius 2 is 0.941 bits per heavy atom. The summed E-state index contributed by atoms with van der Waals surface area (Å²) in [6.45, 7) is 22.2. The number of carbonyl (C=O) groups excluding carboxylic acids is 2. The van der Waals surface area contributed by atoms with E-state index in [4.69, 9.17) is 28.4 Å². The molecular weight excluding hydrogens is 440 g/mol. The van der Waals surface area contributed by atoms with Crippen LogP contribution >= 0.6 is 0 Å². The molecule has 0 aromatic rings. The van der Waals surface area contributed by atoms with Crippen molar-refractivity contribution in [3.63, 3.8) is 0 Å². The molecule has 8 nitrogen and oxygen atoms in total. The predicted octanol–water partition coefficient (Wildman–Crippen LogP) is 4.85. The third-order valence-corrected chi connectivity index (χ3v) is 4.98. The molecule has 0 saturated heterocycles. The van der Waals surface area contributed by atoms with Gasteiger partial charge in [0.15, 0.2) is 11.5 Å². The number of rotatable bonds is 13. The van der Waals surface area contributed by atoms with E-state index in [0.717, 1.165) is 0 Å². The Kier molecular flexibility index (Phi) is 8.50. The van der Waals surface area contributed by atoms with Crippen LogP contribution in [0.2, 0.25) is 0 Å². The Morgan fingerprint density at radius 1 is 0.647 bits per heavy atom. The first-order valence-electron chi connectivity index (χ1n) is 11.7. The highest BCUT2D eigenvalue weighted by Crippen LogP contribution is 2.55. The lowest BCUT2D eigenvalue weighted by molar-refractivity contribution is -0.196. The zero-order chi connectivity index (χ0) is 25.8. The maximum absolute atomic E-state index is 13.2. The van der Waals surface area contributed by atoms with Gasteiger partial charge in [-0.2, -0.15) is 0 Å². The van der Waals surface area contributed by atoms with Crippen LogP contribution in [0.1, 0.15) is 68.2 Å². The Labute approximate surface area is 202 Å². The molecule has 0 radical (unpaired) electrons. The van der Waals surface area contributed by atoms with Crippen LogP contribution in [0.5, 0.6) is 0 Å². The van der Waals surface area contributed by atoms with Gasteiger partial charge < -0.3 is 28.4 Å². The quantitative estimate of drug-likeness (QED) is 0.274. The third kappa shape index (κ3) is 4.95. The van der Waals surface area contributed by atoms with Crippen molar-refractivity contribution in [1.29, 1.82) is 0 Å². The molecule has 8 heteroatoms. The Bertz CT molecular complexity index is 807. The van der Waals surface area contributed by atoms with Gasteiger partial charge in [-0.15, -0.1) is 13.2 Å². The molecule has 0 aromatic heterocycles. The van der Waals surface area contributed by atoms with E-state index in [0.29, 0.717) is 0 Å². The summed E-state index contributed by atoms with van der Waals surface area (Å²) in [6.07, 6.45) is 1.88. The van der Waals surface area contributed by atoms with Gasteiger partial charge in [0.25, 0.3) is 0 Å². The van der Waals surface area contributed by atoms with Crippen molar-refractivity contribution in [2.24, 2.45) is 0 Å². The standard InChI is InChI=1S/C26H38O8/c1-11-13-25(21(31-17(7)8)19(23(27)33-25)29-15(3)4)26(14-12-2)22(32-18(9)10)20(24(28)34-26)30-16(5)6/h11-12,15-18H,1-2,13-14H2,3-10H3/t25-,26+. The van der Waals surface area contributed by atoms with Crippen LogP contribution in [0.3, 0.4) is 0 Å². The fourth-order valence-corrected chi connectivity index (χ4v) is 4.03. The lowest BCUT2D eigenvalue weighted by Gasteiger charge is -2.44. The molecule has 2 atom stereocenters. The molecule has 0 spiro atoms. The summed E-state index contributed by atoms with van der Waals surface area (Å²) in [6, 6.07) is 0. The number of ether oxygens (including phenoxy) is 6. The molecule has 0 fully saturated rings. The summed E-state index contributed by atoms with van der Waals surface area (Å²) in [4.78, 5) is 26.4. The first kappa shape index (κ1) is 27.3. The van der Waals surface area contributed by atoms with Crippen molar-refractivity contribution in [2.75, 3.05) is 0 Å². The zero-order valence-electron chi connectivity index (χ0n) is 21.6. The second-order valence-corrected chi connectivity index (χ2v) is 9.40. The zero-order valence-corrected chi connectivity index (χ0v) is 21.6. The minimum Gasteiger partial charge on any atom is -0.487 e. The minimum atomic E-state index is -1.66. The van der Waals surface area contributed by atoms with Gasteiger partial charge in [0.1, 0.15) is 0 Å². The van der Waals surface area contributed by atoms with E-state index in [1.165, 1.54) is 0 Å². The summed E-state index contributed by atoms with van der Waals surface area (Å²) < 4.78 is 36.1. The van der Waals surface area contributed by atoms with Gasteiger partial charge in [0, 0.05) is 12.8 Å². The van der Waals surface area contributed by atoms with E-state index in [9.17, 15) is 9.59 Å². The number of carbonyl (C=O) groups is 2. The molecule has 0 N–H and O–H groups in total. The van der Waals surface area contributed by atoms with Gasteiger partial charge in [-0.25, -0.2) is 9.59 Å². The summed E-state index contributed by atoms with van der Waals surface area (Å²) in [5.41, 5.74) is -3.31. The van der Waals surface area contributed by atoms with Gasteiger partial charge >= 0.3 is 11.9 Å². The molecule has 34 heavy (non-hydrogen) atoms. The highest BCUT2D eigenvalue weighted by Gasteiger charge is 2.71. The molecule has 0 aliphatic carbocycles. The van der Waals surface area contributed by atoms with E-state index in [1.807, 2.05) is 27.7 Å². The lowest BCUT2D eigenvalue weighted by Crippen LogP contribution is -2.58. The fourth-order valence-electron chi connectivity index (χ4n) is 4.03. The molecular formula is C26H38O8. The Balaban J connectivity index is 2.95. The molecule has 0 amide bonds. The molecule has 2 rings (SSSR count). The lowest BCUT2D eigenvalue weighted by atomic mass is 9.75. The van der Waals surface area contributed by atoms with Crippen molar-refractivity contribution < 1.29 is 38.0 Å². The maximum atomic E-state index is 13.2. The van der Waals surface area contributed by atoms with Crippen molar-refractivity contribution >= 4 is 11.9 Å². The van der Waals surface area contributed by atoms with Crippen LogP contribution in [0.4, 0.5) is 0 Å². The number of esters is 2. The average Bonchev–Trinajstić information content (AvgIpc) is 3.09. The highest BCUT2D eigenvalue weighted by atomic mass is 16.7. The molecule has 2 aliphatic rings. The number of hydrogen-bond donors (Lipinski definition) is 0. The van der Waals surface area contributed by atoms with Crippen molar-refractivity contribution in [1.82, 2.24) is 0 Å². The van der Waals surface area contributed by atoms with E-state index in [2.05, 4.69) is 13.2 Å². The summed E-state index contributed by atoms with van der Waals surface area (Å²) in [7, 11) is 0. The van der Waals surface area contributed by atoms with Crippen LogP contribution in [0.25, 0.3) is 0 Å². The van der Waals surface area contributed by atoms with Gasteiger partial charge in [0.2, 0.25) is 22.7 Å². The van der Waals surface area contributed by atoms with Gasteiger partial charge in [-0.05, 0) is 55.4 Å². The van der Waals surface area contributed by atoms with E-state index in [1.54, 1.807) is 39.8 Å². The Morgan fingerprint density at radius 3 is 1.18 bits per heavy atom. The molecule has 2 aliphatic heterocycles. The minimum absolute atomic E-state index is 0.0484. The molecule has 0 saturated carbocycles. The molecule has 2 heterocycles. The SMILES string of the molecule is C=CC[C@]1([C@]2(CC=C)OC(=O)C(OC(C)C)=C2OC(C)C)OC(=O)C(OC(C)C)=C1OC(C)C. The van der Waals surface area contributed by atoms with Crippen LogP contribution in [0, 0.1) is 0 Å². The first-order chi connectivity index (χ1) is 15.8. The second kappa shape index (κ2) is 10.6. The average molecular weight is 479 g/mol. The molecule has 190 valence electrons. The summed E-state index contributed by atoms with van der Waals surface area (Å²) in [5, 5.41) is 0. The first-order valence-corrected chi connectivity index (χ1v) is 11.7. The van der Waals surface area contributed by atoms with Gasteiger partial charge in [0.05, 0.1) is 24.4 Å². The molecule has 0 aromatic carbocycles. The normalized spacial score (nSPS) is 24.8. The molecule has 0 bridgehead atoms. The van der Waals surface area contributed by atoms with E-state index >= 15 is 0 Å². The van der Waals surface area contributed by atoms with Crippen LogP contribution in [-0.2, 0) is 38.0 Å². The van der Waals surface area contributed by atoms with Crippen molar-refractivity contribution in [2.45, 2.75) is 104 Å². The Hall–Kier alpha value is -2.90. The maximum Gasteiger partial charge on any atom is 0.378 e. The van der Waals surface area contributed by atoms with E-state index in [-0.39, 0.29) is 60.3 Å². The van der Waals surface area contributed by atoms with E-state index < -0.39 is 23.1 Å². The largest absolute Gasteiger partial charge is 0.487 e. The predicted molar refractivity (Wildman–Crippen MR) is 126 cm³/mol. The summed E-state index contributed by atoms with van der Waals surface area (Å²) in [5.74, 6) is -1.38. The second-order valence-electron chi connectivity index (χ2n) is 9.40.